The van der Waals surface area contributed by atoms with Gasteiger partial charge in [-0.05, 0) is 65.2 Å². The Hall–Kier alpha value is -1.52. The lowest BCUT2D eigenvalue weighted by molar-refractivity contribution is 0.0734. The van der Waals surface area contributed by atoms with Gasteiger partial charge in [0.25, 0.3) is 0 Å². The molecule has 0 fully saturated rings. The summed E-state index contributed by atoms with van der Waals surface area (Å²) in [4.78, 5) is 12.3. The van der Waals surface area contributed by atoms with E-state index in [-0.39, 0.29) is 0 Å². The fraction of sp³-hybridized carbons (Fsp3) is 0.350. The van der Waals surface area contributed by atoms with E-state index in [4.69, 9.17) is 21.1 Å². The number of esters is 1. The van der Waals surface area contributed by atoms with Crippen LogP contribution in [0.4, 0.5) is 0 Å². The topological polar surface area (TPSA) is 35.5 Å². The third kappa shape index (κ3) is 6.05. The molecular formula is C20H22BrClO3. The van der Waals surface area contributed by atoms with Crippen LogP contribution in [0.3, 0.4) is 0 Å². The summed E-state index contributed by atoms with van der Waals surface area (Å²) < 4.78 is 11.9. The fourth-order valence-corrected chi connectivity index (χ4v) is 2.92. The van der Waals surface area contributed by atoms with E-state index in [1.807, 2.05) is 13.0 Å². The molecule has 0 heterocycles. The van der Waals surface area contributed by atoms with Crippen LogP contribution >= 0.6 is 27.5 Å². The van der Waals surface area contributed by atoms with Gasteiger partial charge in [-0.1, -0.05) is 43.9 Å². The standard InChI is InChI=1S/C20H22BrClO3/c1-3-4-5-6-11-24-19-10-8-15(12-17(19)21)20(23)25-16-9-7-14(2)18(22)13-16/h7-10,12-13H,3-6,11H2,1-2H3. The summed E-state index contributed by atoms with van der Waals surface area (Å²) in [7, 11) is 0. The summed E-state index contributed by atoms with van der Waals surface area (Å²) in [6.07, 6.45) is 4.61. The second-order valence-corrected chi connectivity index (χ2v) is 7.12. The molecule has 0 aromatic heterocycles. The molecule has 0 aliphatic rings. The molecule has 134 valence electrons. The van der Waals surface area contributed by atoms with Gasteiger partial charge in [0.1, 0.15) is 11.5 Å². The van der Waals surface area contributed by atoms with Gasteiger partial charge < -0.3 is 9.47 Å². The van der Waals surface area contributed by atoms with Crippen molar-refractivity contribution in [3.63, 3.8) is 0 Å². The molecule has 0 atom stereocenters. The lowest BCUT2D eigenvalue weighted by Gasteiger charge is -2.10. The van der Waals surface area contributed by atoms with Crippen molar-refractivity contribution in [1.82, 2.24) is 0 Å². The maximum Gasteiger partial charge on any atom is 0.343 e. The zero-order valence-corrected chi connectivity index (χ0v) is 16.8. The molecule has 2 rings (SSSR count). The first-order chi connectivity index (χ1) is 12.0. The average molecular weight is 426 g/mol. The number of rotatable bonds is 8. The Morgan fingerprint density at radius 1 is 1.12 bits per heavy atom. The molecule has 0 unspecified atom stereocenters. The number of hydrogen-bond acceptors (Lipinski definition) is 3. The molecule has 0 N–H and O–H groups in total. The molecule has 25 heavy (non-hydrogen) atoms. The van der Waals surface area contributed by atoms with Gasteiger partial charge in [0, 0.05) is 5.02 Å². The molecule has 0 spiro atoms. The van der Waals surface area contributed by atoms with Gasteiger partial charge in [0.2, 0.25) is 0 Å². The molecule has 0 bridgehead atoms. The predicted octanol–water partition coefficient (Wildman–Crippen LogP) is 6.59. The molecule has 2 aromatic carbocycles. The monoisotopic (exact) mass is 424 g/mol. The fourth-order valence-electron chi connectivity index (χ4n) is 2.26. The molecule has 0 aliphatic heterocycles. The lowest BCUT2D eigenvalue weighted by atomic mass is 10.2. The minimum atomic E-state index is -0.435. The number of unbranched alkanes of at least 4 members (excludes halogenated alkanes) is 3. The van der Waals surface area contributed by atoms with E-state index in [9.17, 15) is 4.79 Å². The molecular weight excluding hydrogens is 404 g/mol. The Bertz CT molecular complexity index is 731. The molecule has 0 saturated carbocycles. The minimum absolute atomic E-state index is 0.424. The van der Waals surface area contributed by atoms with Crippen molar-refractivity contribution in [2.24, 2.45) is 0 Å². The highest BCUT2D eigenvalue weighted by atomic mass is 79.9. The number of carbonyl (C=O) groups is 1. The SMILES string of the molecule is CCCCCCOc1ccc(C(=O)Oc2ccc(C)c(Cl)c2)cc1Br. The quantitative estimate of drug-likeness (QED) is 0.272. The molecule has 0 saturated heterocycles. The van der Waals surface area contributed by atoms with Crippen molar-refractivity contribution in [1.29, 1.82) is 0 Å². The van der Waals surface area contributed by atoms with Crippen molar-refractivity contribution >= 4 is 33.5 Å². The van der Waals surface area contributed by atoms with E-state index in [1.165, 1.54) is 12.8 Å². The number of hydrogen-bond donors (Lipinski definition) is 0. The summed E-state index contributed by atoms with van der Waals surface area (Å²) in [5, 5.41) is 0.568. The maximum absolute atomic E-state index is 12.3. The van der Waals surface area contributed by atoms with Crippen LogP contribution in [0.2, 0.25) is 5.02 Å². The normalized spacial score (nSPS) is 10.6. The third-order valence-electron chi connectivity index (χ3n) is 3.78. The van der Waals surface area contributed by atoms with Crippen molar-refractivity contribution in [3.8, 4) is 11.5 Å². The Balaban J connectivity index is 1.96. The number of benzene rings is 2. The van der Waals surface area contributed by atoms with Crippen LogP contribution < -0.4 is 9.47 Å². The second-order valence-electron chi connectivity index (χ2n) is 5.85. The van der Waals surface area contributed by atoms with Crippen LogP contribution in [0.1, 0.15) is 48.5 Å². The van der Waals surface area contributed by atoms with E-state index < -0.39 is 5.97 Å². The van der Waals surface area contributed by atoms with Gasteiger partial charge in [-0.25, -0.2) is 4.79 Å². The first kappa shape index (κ1) is 19.8. The number of ether oxygens (including phenoxy) is 2. The highest BCUT2D eigenvalue weighted by Gasteiger charge is 2.12. The second kappa shape index (κ2) is 9.83. The van der Waals surface area contributed by atoms with Gasteiger partial charge >= 0.3 is 5.97 Å². The van der Waals surface area contributed by atoms with Crippen LogP contribution in [0.5, 0.6) is 11.5 Å². The minimum Gasteiger partial charge on any atom is -0.492 e. The van der Waals surface area contributed by atoms with E-state index in [0.717, 1.165) is 28.6 Å². The van der Waals surface area contributed by atoms with E-state index in [0.29, 0.717) is 22.9 Å². The maximum atomic E-state index is 12.3. The summed E-state index contributed by atoms with van der Waals surface area (Å²) in [6, 6.07) is 10.4. The molecule has 3 nitrogen and oxygen atoms in total. The highest BCUT2D eigenvalue weighted by molar-refractivity contribution is 9.10. The Morgan fingerprint density at radius 3 is 2.60 bits per heavy atom. The van der Waals surface area contributed by atoms with Crippen molar-refractivity contribution < 1.29 is 14.3 Å². The number of halogens is 2. The molecule has 0 radical (unpaired) electrons. The summed E-state index contributed by atoms with van der Waals surface area (Å²) in [6.45, 7) is 4.75. The largest absolute Gasteiger partial charge is 0.492 e. The number of carbonyl (C=O) groups excluding carboxylic acids is 1. The zero-order chi connectivity index (χ0) is 18.2. The Labute approximate surface area is 162 Å². The Kier molecular flexibility index (Phi) is 7.79. The molecule has 0 aliphatic carbocycles. The zero-order valence-electron chi connectivity index (χ0n) is 14.5. The van der Waals surface area contributed by atoms with E-state index in [2.05, 4.69) is 22.9 Å². The van der Waals surface area contributed by atoms with Gasteiger partial charge in [0.05, 0.1) is 16.6 Å². The van der Waals surface area contributed by atoms with Crippen LogP contribution in [0.25, 0.3) is 0 Å². The van der Waals surface area contributed by atoms with Crippen LogP contribution in [-0.2, 0) is 0 Å². The average Bonchev–Trinajstić information content (AvgIpc) is 2.59. The van der Waals surface area contributed by atoms with E-state index in [1.54, 1.807) is 30.3 Å². The van der Waals surface area contributed by atoms with Crippen LogP contribution in [-0.4, -0.2) is 12.6 Å². The molecule has 0 amide bonds. The first-order valence-electron chi connectivity index (χ1n) is 8.42. The van der Waals surface area contributed by atoms with Gasteiger partial charge in [-0.3, -0.25) is 0 Å². The molecule has 5 heteroatoms. The van der Waals surface area contributed by atoms with Crippen molar-refractivity contribution in [2.75, 3.05) is 6.61 Å². The van der Waals surface area contributed by atoms with Crippen molar-refractivity contribution in [3.05, 3.63) is 57.0 Å². The highest BCUT2D eigenvalue weighted by Crippen LogP contribution is 2.27. The molecule has 2 aromatic rings. The Morgan fingerprint density at radius 2 is 1.92 bits per heavy atom. The van der Waals surface area contributed by atoms with Crippen LogP contribution in [0, 0.1) is 6.92 Å². The lowest BCUT2D eigenvalue weighted by Crippen LogP contribution is -2.09. The number of aryl methyl sites for hydroxylation is 1. The smallest absolute Gasteiger partial charge is 0.343 e. The summed E-state index contributed by atoms with van der Waals surface area (Å²) in [5.74, 6) is 0.717. The van der Waals surface area contributed by atoms with Crippen molar-refractivity contribution in [2.45, 2.75) is 39.5 Å². The first-order valence-corrected chi connectivity index (χ1v) is 9.59. The van der Waals surface area contributed by atoms with Gasteiger partial charge in [-0.2, -0.15) is 0 Å². The van der Waals surface area contributed by atoms with Gasteiger partial charge in [-0.15, -0.1) is 0 Å². The summed E-state index contributed by atoms with van der Waals surface area (Å²) in [5.41, 5.74) is 1.38. The van der Waals surface area contributed by atoms with E-state index >= 15 is 0 Å². The summed E-state index contributed by atoms with van der Waals surface area (Å²) >= 11 is 9.51. The predicted molar refractivity (Wildman–Crippen MR) is 105 cm³/mol. The van der Waals surface area contributed by atoms with Crippen LogP contribution in [0.15, 0.2) is 40.9 Å². The van der Waals surface area contributed by atoms with Gasteiger partial charge in [0.15, 0.2) is 0 Å². The third-order valence-corrected chi connectivity index (χ3v) is 4.80.